The van der Waals surface area contributed by atoms with Gasteiger partial charge < -0.3 is 20.9 Å². The summed E-state index contributed by atoms with van der Waals surface area (Å²) in [5.41, 5.74) is 5.23. The van der Waals surface area contributed by atoms with Crippen molar-refractivity contribution in [3.8, 4) is 0 Å². The summed E-state index contributed by atoms with van der Waals surface area (Å²) in [5, 5.41) is 9.46. The zero-order chi connectivity index (χ0) is 25.8. The van der Waals surface area contributed by atoms with E-state index in [2.05, 4.69) is 25.9 Å². The Labute approximate surface area is 215 Å². The number of nitrogens with one attached hydrogen (secondary N) is 3. The summed E-state index contributed by atoms with van der Waals surface area (Å²) < 4.78 is 0. The lowest BCUT2D eigenvalue weighted by molar-refractivity contribution is -0.122. The first-order valence-corrected chi connectivity index (χ1v) is 12.2. The van der Waals surface area contributed by atoms with Gasteiger partial charge in [0, 0.05) is 47.5 Å². The van der Waals surface area contributed by atoms with Gasteiger partial charge in [-0.05, 0) is 62.4 Å². The van der Waals surface area contributed by atoms with Crippen LogP contribution in [0.25, 0.3) is 0 Å². The lowest BCUT2D eigenvalue weighted by atomic mass is 10.1. The number of nitrogens with zero attached hydrogens (tertiary/aromatic N) is 3. The second kappa shape index (κ2) is 10.5. The molecule has 0 aliphatic carbocycles. The third kappa shape index (κ3) is 5.92. The average molecular weight is 493 g/mol. The second-order valence-corrected chi connectivity index (χ2v) is 9.14. The summed E-state index contributed by atoms with van der Waals surface area (Å²) in [6.07, 6.45) is 0.201. The van der Waals surface area contributed by atoms with Gasteiger partial charge in [0.2, 0.25) is 17.8 Å². The molecule has 1 saturated heterocycles. The van der Waals surface area contributed by atoms with Gasteiger partial charge in [0.1, 0.15) is 5.82 Å². The Hall–Kier alpha value is -4.72. The van der Waals surface area contributed by atoms with Crippen LogP contribution in [0.4, 0.5) is 34.5 Å². The molecule has 0 bridgehead atoms. The first kappa shape index (κ1) is 24.0. The van der Waals surface area contributed by atoms with E-state index in [1.165, 1.54) is 5.56 Å². The van der Waals surface area contributed by atoms with E-state index in [-0.39, 0.29) is 18.2 Å². The highest BCUT2D eigenvalue weighted by atomic mass is 16.2. The molecule has 186 valence electrons. The Morgan fingerprint density at radius 3 is 2.22 bits per heavy atom. The Balaban J connectivity index is 1.20. The number of carbonyl (C=O) groups excluding carboxylic acids is 2. The molecule has 3 aromatic carbocycles. The van der Waals surface area contributed by atoms with Gasteiger partial charge in [-0.1, -0.05) is 35.9 Å². The van der Waals surface area contributed by atoms with E-state index >= 15 is 0 Å². The lowest BCUT2D eigenvalue weighted by Gasteiger charge is -2.16. The van der Waals surface area contributed by atoms with Gasteiger partial charge in [0.15, 0.2) is 0 Å². The van der Waals surface area contributed by atoms with Crippen LogP contribution >= 0.6 is 0 Å². The summed E-state index contributed by atoms with van der Waals surface area (Å²) in [6, 6.07) is 26.7. The van der Waals surface area contributed by atoms with Gasteiger partial charge in [-0.3, -0.25) is 9.59 Å². The van der Waals surface area contributed by atoms with Gasteiger partial charge in [-0.15, -0.1) is 0 Å². The summed E-state index contributed by atoms with van der Waals surface area (Å²) in [6.45, 7) is 4.33. The second-order valence-electron chi connectivity index (χ2n) is 9.14. The van der Waals surface area contributed by atoms with Crippen LogP contribution < -0.4 is 20.9 Å². The smallest absolute Gasteiger partial charge is 0.229 e. The minimum Gasteiger partial charge on any atom is -0.340 e. The van der Waals surface area contributed by atoms with Gasteiger partial charge >= 0.3 is 0 Å². The van der Waals surface area contributed by atoms with Crippen molar-refractivity contribution in [3.63, 3.8) is 0 Å². The van der Waals surface area contributed by atoms with Gasteiger partial charge in [-0.2, -0.15) is 4.98 Å². The van der Waals surface area contributed by atoms with Crippen molar-refractivity contribution >= 4 is 46.3 Å². The van der Waals surface area contributed by atoms with Crippen LogP contribution in [0, 0.1) is 19.8 Å². The highest BCUT2D eigenvalue weighted by molar-refractivity contribution is 6.03. The molecular weight excluding hydrogens is 464 g/mol. The molecule has 8 nitrogen and oxygen atoms in total. The van der Waals surface area contributed by atoms with Gasteiger partial charge in [0.25, 0.3) is 0 Å². The van der Waals surface area contributed by atoms with Crippen LogP contribution in [0.15, 0.2) is 84.9 Å². The number of hydrogen-bond acceptors (Lipinski definition) is 6. The molecule has 4 aromatic rings. The number of carbonyl (C=O) groups is 2. The van der Waals surface area contributed by atoms with Crippen molar-refractivity contribution in [3.05, 3.63) is 96.2 Å². The molecule has 0 radical (unpaired) electrons. The normalized spacial score (nSPS) is 14.9. The summed E-state index contributed by atoms with van der Waals surface area (Å²) >= 11 is 0. The van der Waals surface area contributed by atoms with Crippen LogP contribution in [0.3, 0.4) is 0 Å². The fourth-order valence-electron chi connectivity index (χ4n) is 4.22. The molecule has 37 heavy (non-hydrogen) atoms. The van der Waals surface area contributed by atoms with E-state index in [9.17, 15) is 9.59 Å². The number of anilines is 6. The first-order valence-electron chi connectivity index (χ1n) is 12.2. The van der Waals surface area contributed by atoms with Crippen LogP contribution in [0.5, 0.6) is 0 Å². The first-order chi connectivity index (χ1) is 17.9. The summed E-state index contributed by atoms with van der Waals surface area (Å²) in [4.78, 5) is 36.0. The zero-order valence-corrected chi connectivity index (χ0v) is 20.7. The van der Waals surface area contributed by atoms with Crippen molar-refractivity contribution in [2.75, 3.05) is 27.4 Å². The van der Waals surface area contributed by atoms with Crippen molar-refractivity contribution in [2.24, 2.45) is 5.92 Å². The highest BCUT2D eigenvalue weighted by Gasteiger charge is 2.35. The van der Waals surface area contributed by atoms with E-state index in [1.54, 1.807) is 4.90 Å². The fourth-order valence-corrected chi connectivity index (χ4v) is 4.22. The van der Waals surface area contributed by atoms with Crippen molar-refractivity contribution in [2.45, 2.75) is 20.3 Å². The van der Waals surface area contributed by atoms with Crippen LogP contribution in [-0.4, -0.2) is 28.3 Å². The largest absolute Gasteiger partial charge is 0.340 e. The van der Waals surface area contributed by atoms with E-state index in [0.29, 0.717) is 24.0 Å². The maximum Gasteiger partial charge on any atom is 0.229 e. The molecule has 1 aromatic heterocycles. The number of para-hydroxylation sites is 1. The number of benzene rings is 3. The highest BCUT2D eigenvalue weighted by Crippen LogP contribution is 2.26. The van der Waals surface area contributed by atoms with Crippen LogP contribution in [-0.2, 0) is 9.59 Å². The molecule has 1 aliphatic rings. The SMILES string of the molecule is Cc1ccc(Nc2nc(C)cc(Nc3ccc(NC(=O)C4CC(=O)N(c5ccccc5)C4)cc3)n2)cc1. The van der Waals surface area contributed by atoms with Crippen molar-refractivity contribution < 1.29 is 9.59 Å². The summed E-state index contributed by atoms with van der Waals surface area (Å²) in [5.74, 6) is 0.567. The quantitative estimate of drug-likeness (QED) is 0.312. The predicted octanol–water partition coefficient (Wildman–Crippen LogP) is 5.57. The van der Waals surface area contributed by atoms with E-state index in [0.717, 1.165) is 22.8 Å². The number of hydrogen-bond donors (Lipinski definition) is 3. The molecule has 8 heteroatoms. The van der Waals surface area contributed by atoms with Crippen LogP contribution in [0.1, 0.15) is 17.7 Å². The molecule has 1 aliphatic heterocycles. The van der Waals surface area contributed by atoms with Crippen LogP contribution in [0.2, 0.25) is 0 Å². The molecule has 0 spiro atoms. The molecule has 3 N–H and O–H groups in total. The molecule has 1 atom stereocenters. The Morgan fingerprint density at radius 2 is 1.49 bits per heavy atom. The van der Waals surface area contributed by atoms with Crippen molar-refractivity contribution in [1.29, 1.82) is 0 Å². The Bertz CT molecular complexity index is 1410. The Morgan fingerprint density at radius 1 is 0.838 bits per heavy atom. The van der Waals surface area contributed by atoms with E-state index in [4.69, 9.17) is 0 Å². The molecule has 0 saturated carbocycles. The molecule has 1 unspecified atom stereocenters. The summed E-state index contributed by atoms with van der Waals surface area (Å²) in [7, 11) is 0. The molecule has 2 heterocycles. The molecule has 5 rings (SSSR count). The number of aryl methyl sites for hydroxylation is 2. The van der Waals surface area contributed by atoms with Gasteiger partial charge in [0.05, 0.1) is 5.92 Å². The van der Waals surface area contributed by atoms with Gasteiger partial charge in [-0.25, -0.2) is 4.98 Å². The maximum atomic E-state index is 12.8. The standard InChI is InChI=1S/C29H28N6O2/c1-19-8-10-24(11-9-19)33-29-30-20(2)16-26(34-29)31-22-12-14-23(15-13-22)32-28(37)21-17-27(36)35(18-21)25-6-4-3-5-7-25/h3-16,21H,17-18H2,1-2H3,(H,32,37)(H2,30,31,33,34). The number of amides is 2. The predicted molar refractivity (Wildman–Crippen MR) is 146 cm³/mol. The maximum absolute atomic E-state index is 12.8. The zero-order valence-electron chi connectivity index (χ0n) is 20.7. The minimum absolute atomic E-state index is 0.0396. The minimum atomic E-state index is -0.394. The van der Waals surface area contributed by atoms with Crippen molar-refractivity contribution in [1.82, 2.24) is 9.97 Å². The number of aromatic nitrogens is 2. The third-order valence-corrected chi connectivity index (χ3v) is 6.15. The number of rotatable bonds is 7. The molecule has 1 fully saturated rings. The topological polar surface area (TPSA) is 99.2 Å². The third-order valence-electron chi connectivity index (χ3n) is 6.15. The fraction of sp³-hybridized carbons (Fsp3) is 0.172. The van der Waals surface area contributed by atoms with E-state index in [1.807, 2.05) is 98.8 Å². The van der Waals surface area contributed by atoms with E-state index < -0.39 is 5.92 Å². The monoisotopic (exact) mass is 492 g/mol. The molecule has 2 amide bonds. The average Bonchev–Trinajstić information content (AvgIpc) is 3.28. The lowest BCUT2D eigenvalue weighted by Crippen LogP contribution is -2.28. The molecular formula is C29H28N6O2. The Kier molecular flexibility index (Phi) is 6.81.